The van der Waals surface area contributed by atoms with Crippen LogP contribution in [-0.2, 0) is 19.6 Å². The van der Waals surface area contributed by atoms with Crippen LogP contribution in [0.25, 0.3) is 0 Å². The molecule has 0 fully saturated rings. The number of nitrogens with zero attached hydrogens (tertiary/aromatic N) is 1. The molecule has 0 aliphatic carbocycles. The van der Waals surface area contributed by atoms with Crippen LogP contribution < -0.4 is 10.6 Å². The summed E-state index contributed by atoms with van der Waals surface area (Å²) in [6.07, 6.45) is 0. The van der Waals surface area contributed by atoms with Gasteiger partial charge in [-0.05, 0) is 42.9 Å². The fourth-order valence-corrected chi connectivity index (χ4v) is 2.16. The molecule has 0 aliphatic heterocycles. The summed E-state index contributed by atoms with van der Waals surface area (Å²) in [5.41, 5.74) is 3.14. The number of benzene rings is 2. The zero-order valence-electron chi connectivity index (χ0n) is 13.5. The molecule has 0 bridgehead atoms. The third-order valence-electron chi connectivity index (χ3n) is 3.34. The van der Waals surface area contributed by atoms with Gasteiger partial charge >= 0.3 is 6.03 Å². The number of carbonyl (C=O) groups excluding carboxylic acids is 1. The number of hydrogen-bond acceptors (Lipinski definition) is 2. The molecule has 2 aromatic carbocycles. The van der Waals surface area contributed by atoms with Crippen molar-refractivity contribution >= 4 is 6.03 Å². The summed E-state index contributed by atoms with van der Waals surface area (Å²) < 4.78 is 12.8. The summed E-state index contributed by atoms with van der Waals surface area (Å²) in [5, 5.41) is 5.55. The number of carbonyl (C=O) groups is 1. The highest BCUT2D eigenvalue weighted by Crippen LogP contribution is 2.06. The first kappa shape index (κ1) is 17.0. The lowest BCUT2D eigenvalue weighted by Gasteiger charge is -2.11. The van der Waals surface area contributed by atoms with Gasteiger partial charge in [0.25, 0.3) is 0 Å². The van der Waals surface area contributed by atoms with Crippen LogP contribution in [0.15, 0.2) is 48.5 Å². The maximum Gasteiger partial charge on any atom is 0.315 e. The van der Waals surface area contributed by atoms with Gasteiger partial charge in [-0.2, -0.15) is 0 Å². The molecule has 0 aromatic heterocycles. The maximum absolute atomic E-state index is 12.8. The highest BCUT2D eigenvalue weighted by Gasteiger charge is 2.02. The SMILES string of the molecule is CN(C)Cc1ccc(CNC(=O)NCc2ccc(F)cc2)cc1. The van der Waals surface area contributed by atoms with Gasteiger partial charge < -0.3 is 15.5 Å². The average Bonchev–Trinajstić information content (AvgIpc) is 2.53. The van der Waals surface area contributed by atoms with Crippen LogP contribution in [0.3, 0.4) is 0 Å². The number of amides is 2. The number of hydrogen-bond donors (Lipinski definition) is 2. The van der Waals surface area contributed by atoms with E-state index in [9.17, 15) is 9.18 Å². The van der Waals surface area contributed by atoms with Gasteiger partial charge in [0, 0.05) is 19.6 Å². The summed E-state index contributed by atoms with van der Waals surface area (Å²) in [4.78, 5) is 13.9. The second-order valence-electron chi connectivity index (χ2n) is 5.72. The van der Waals surface area contributed by atoms with Crippen molar-refractivity contribution in [3.63, 3.8) is 0 Å². The molecule has 0 saturated heterocycles. The lowest BCUT2D eigenvalue weighted by Crippen LogP contribution is -2.34. The third-order valence-corrected chi connectivity index (χ3v) is 3.34. The van der Waals surface area contributed by atoms with Crippen molar-refractivity contribution in [3.05, 3.63) is 71.0 Å². The minimum absolute atomic E-state index is 0.244. The first-order valence-electron chi connectivity index (χ1n) is 7.51. The molecule has 122 valence electrons. The highest BCUT2D eigenvalue weighted by atomic mass is 19.1. The van der Waals surface area contributed by atoms with Crippen molar-refractivity contribution < 1.29 is 9.18 Å². The van der Waals surface area contributed by atoms with Crippen LogP contribution >= 0.6 is 0 Å². The Morgan fingerprint density at radius 1 is 0.870 bits per heavy atom. The van der Waals surface area contributed by atoms with E-state index >= 15 is 0 Å². The van der Waals surface area contributed by atoms with Crippen LogP contribution in [0, 0.1) is 5.82 Å². The first-order chi connectivity index (χ1) is 11.0. The van der Waals surface area contributed by atoms with E-state index in [1.165, 1.54) is 17.7 Å². The maximum atomic E-state index is 12.8. The normalized spacial score (nSPS) is 10.6. The molecule has 2 aromatic rings. The average molecular weight is 315 g/mol. The molecule has 0 saturated carbocycles. The summed E-state index contributed by atoms with van der Waals surface area (Å²) in [6, 6.07) is 14.0. The highest BCUT2D eigenvalue weighted by molar-refractivity contribution is 5.73. The largest absolute Gasteiger partial charge is 0.334 e. The van der Waals surface area contributed by atoms with Gasteiger partial charge in [0.2, 0.25) is 0 Å². The minimum atomic E-state index is -0.282. The Morgan fingerprint density at radius 3 is 1.78 bits per heavy atom. The van der Waals surface area contributed by atoms with Crippen molar-refractivity contribution in [2.75, 3.05) is 14.1 Å². The monoisotopic (exact) mass is 315 g/mol. The minimum Gasteiger partial charge on any atom is -0.334 e. The summed E-state index contributed by atoms with van der Waals surface area (Å²) in [7, 11) is 4.06. The molecule has 0 heterocycles. The Kier molecular flexibility index (Phi) is 6.11. The first-order valence-corrected chi connectivity index (χ1v) is 7.51. The molecule has 5 heteroatoms. The fraction of sp³-hybridized carbons (Fsp3) is 0.278. The van der Waals surface area contributed by atoms with E-state index in [0.29, 0.717) is 13.1 Å². The molecule has 2 rings (SSSR count). The Labute approximate surface area is 136 Å². The zero-order valence-corrected chi connectivity index (χ0v) is 13.5. The predicted octanol–water partition coefficient (Wildman–Crippen LogP) is 2.89. The van der Waals surface area contributed by atoms with Gasteiger partial charge in [0.05, 0.1) is 0 Å². The van der Waals surface area contributed by atoms with E-state index in [1.54, 1.807) is 12.1 Å². The summed E-state index contributed by atoms with van der Waals surface area (Å²) >= 11 is 0. The van der Waals surface area contributed by atoms with Gasteiger partial charge in [-0.15, -0.1) is 0 Å². The Balaban J connectivity index is 1.74. The molecule has 0 unspecified atom stereocenters. The van der Waals surface area contributed by atoms with Crippen LogP contribution in [-0.4, -0.2) is 25.0 Å². The quantitative estimate of drug-likeness (QED) is 0.861. The molecule has 0 radical (unpaired) electrons. The van der Waals surface area contributed by atoms with Crippen molar-refractivity contribution in [2.24, 2.45) is 0 Å². The zero-order chi connectivity index (χ0) is 16.7. The van der Waals surface area contributed by atoms with Gasteiger partial charge in [-0.3, -0.25) is 0 Å². The molecule has 0 atom stereocenters. The number of nitrogens with one attached hydrogen (secondary N) is 2. The predicted molar refractivity (Wildman–Crippen MR) is 89.3 cm³/mol. The van der Waals surface area contributed by atoms with E-state index in [0.717, 1.165) is 17.7 Å². The molecule has 0 spiro atoms. The molecule has 4 nitrogen and oxygen atoms in total. The number of halogens is 1. The second kappa shape index (κ2) is 8.29. The lowest BCUT2D eigenvalue weighted by atomic mass is 10.1. The van der Waals surface area contributed by atoms with Gasteiger partial charge in [0.1, 0.15) is 5.82 Å². The summed E-state index contributed by atoms with van der Waals surface area (Å²) in [6.45, 7) is 1.73. The fourth-order valence-electron chi connectivity index (χ4n) is 2.16. The van der Waals surface area contributed by atoms with Crippen molar-refractivity contribution in [1.82, 2.24) is 15.5 Å². The van der Waals surface area contributed by atoms with Crippen molar-refractivity contribution in [3.8, 4) is 0 Å². The van der Waals surface area contributed by atoms with Crippen LogP contribution in [0.5, 0.6) is 0 Å². The topological polar surface area (TPSA) is 44.4 Å². The van der Waals surface area contributed by atoms with Crippen LogP contribution in [0.1, 0.15) is 16.7 Å². The molecule has 0 aliphatic rings. The smallest absolute Gasteiger partial charge is 0.315 e. The standard InChI is InChI=1S/C18H22FN3O/c1-22(2)13-16-5-3-14(4-6-16)11-20-18(23)21-12-15-7-9-17(19)10-8-15/h3-10H,11-13H2,1-2H3,(H2,20,21,23). The Bertz CT molecular complexity index is 624. The van der Waals surface area contributed by atoms with Crippen molar-refractivity contribution in [1.29, 1.82) is 0 Å². The molecule has 2 N–H and O–H groups in total. The van der Waals surface area contributed by atoms with E-state index in [1.807, 2.05) is 26.2 Å². The second-order valence-corrected chi connectivity index (χ2v) is 5.72. The molecular formula is C18H22FN3O. The number of urea groups is 1. The Morgan fingerprint density at radius 2 is 1.30 bits per heavy atom. The van der Waals surface area contributed by atoms with E-state index < -0.39 is 0 Å². The van der Waals surface area contributed by atoms with Crippen LogP contribution in [0.2, 0.25) is 0 Å². The summed E-state index contributed by atoms with van der Waals surface area (Å²) in [5.74, 6) is -0.282. The number of rotatable bonds is 6. The lowest BCUT2D eigenvalue weighted by molar-refractivity contribution is 0.240. The Hall–Kier alpha value is -2.40. The third kappa shape index (κ3) is 6.08. The van der Waals surface area contributed by atoms with E-state index in [4.69, 9.17) is 0 Å². The van der Waals surface area contributed by atoms with Gasteiger partial charge in [-0.25, -0.2) is 9.18 Å². The molecule has 2 amide bonds. The van der Waals surface area contributed by atoms with E-state index in [2.05, 4.69) is 27.7 Å². The van der Waals surface area contributed by atoms with Crippen molar-refractivity contribution in [2.45, 2.75) is 19.6 Å². The van der Waals surface area contributed by atoms with Gasteiger partial charge in [0.15, 0.2) is 0 Å². The van der Waals surface area contributed by atoms with Crippen LogP contribution in [0.4, 0.5) is 9.18 Å². The van der Waals surface area contributed by atoms with E-state index in [-0.39, 0.29) is 11.8 Å². The van der Waals surface area contributed by atoms with Gasteiger partial charge in [-0.1, -0.05) is 36.4 Å². The molecule has 23 heavy (non-hydrogen) atoms. The molecular weight excluding hydrogens is 293 g/mol.